The Bertz CT molecular complexity index is 500. The predicted molar refractivity (Wildman–Crippen MR) is 96.0 cm³/mol. The molecule has 1 N–H and O–H groups in total. The van der Waals surface area contributed by atoms with Crippen molar-refractivity contribution in [3.63, 3.8) is 0 Å². The molecule has 0 aliphatic carbocycles. The van der Waals surface area contributed by atoms with Gasteiger partial charge in [-0.2, -0.15) is 0 Å². The third-order valence-corrected chi connectivity index (χ3v) is 3.56. The Morgan fingerprint density at radius 1 is 1.35 bits per heavy atom. The van der Waals surface area contributed by atoms with E-state index in [4.69, 9.17) is 16.3 Å². The van der Waals surface area contributed by atoms with Gasteiger partial charge in [-0.1, -0.05) is 30.7 Å². The molecule has 23 heavy (non-hydrogen) atoms. The number of rotatable bonds is 7. The van der Waals surface area contributed by atoms with Crippen LogP contribution in [-0.4, -0.2) is 36.2 Å². The van der Waals surface area contributed by atoms with E-state index in [0.29, 0.717) is 19.6 Å². The third kappa shape index (κ3) is 7.71. The molecular formula is C18H29ClN2O2. The van der Waals surface area contributed by atoms with E-state index < -0.39 is 5.60 Å². The summed E-state index contributed by atoms with van der Waals surface area (Å²) in [4.78, 5) is 14.0. The first-order chi connectivity index (χ1) is 10.7. The van der Waals surface area contributed by atoms with Crippen molar-refractivity contribution in [2.45, 2.75) is 52.7 Å². The van der Waals surface area contributed by atoms with Crippen molar-refractivity contribution in [1.29, 1.82) is 0 Å². The number of nitrogens with one attached hydrogen (secondary N) is 1. The number of carbonyl (C=O) groups excluding carboxylic acids is 1. The highest BCUT2D eigenvalue weighted by Crippen LogP contribution is 2.17. The standard InChI is InChI=1S/C18H29ClN2O2/c1-6-11-21(17(22)23-18(3,4)5)12-10-20-14(2)15-8-7-9-16(19)13-15/h7-9,13-14,20H,6,10-12H2,1-5H3. The largest absolute Gasteiger partial charge is 0.444 e. The molecule has 1 unspecified atom stereocenters. The highest BCUT2D eigenvalue weighted by molar-refractivity contribution is 6.30. The van der Waals surface area contributed by atoms with Crippen molar-refractivity contribution in [3.05, 3.63) is 34.9 Å². The molecule has 0 aliphatic heterocycles. The van der Waals surface area contributed by atoms with Gasteiger partial charge in [0.25, 0.3) is 0 Å². The van der Waals surface area contributed by atoms with E-state index in [1.54, 1.807) is 4.90 Å². The third-order valence-electron chi connectivity index (χ3n) is 3.33. The maximum absolute atomic E-state index is 12.2. The van der Waals surface area contributed by atoms with E-state index in [1.807, 2.05) is 45.0 Å². The predicted octanol–water partition coefficient (Wildman–Crippen LogP) is 4.64. The maximum Gasteiger partial charge on any atom is 0.410 e. The number of carbonyl (C=O) groups is 1. The number of benzene rings is 1. The summed E-state index contributed by atoms with van der Waals surface area (Å²) in [6.45, 7) is 11.8. The zero-order valence-corrected chi connectivity index (χ0v) is 15.6. The van der Waals surface area contributed by atoms with Crippen LogP contribution in [0.15, 0.2) is 24.3 Å². The van der Waals surface area contributed by atoms with E-state index in [9.17, 15) is 4.79 Å². The fraction of sp³-hybridized carbons (Fsp3) is 0.611. The monoisotopic (exact) mass is 340 g/mol. The van der Waals surface area contributed by atoms with Gasteiger partial charge in [0.2, 0.25) is 0 Å². The van der Waals surface area contributed by atoms with Crippen LogP contribution in [0.4, 0.5) is 4.79 Å². The average molecular weight is 341 g/mol. The van der Waals surface area contributed by atoms with Crippen molar-refractivity contribution in [3.8, 4) is 0 Å². The van der Waals surface area contributed by atoms with E-state index in [-0.39, 0.29) is 12.1 Å². The molecule has 0 saturated carbocycles. The second-order valence-electron chi connectivity index (χ2n) is 6.70. The van der Waals surface area contributed by atoms with Crippen LogP contribution in [0.3, 0.4) is 0 Å². The van der Waals surface area contributed by atoms with Gasteiger partial charge in [0.05, 0.1) is 0 Å². The minimum Gasteiger partial charge on any atom is -0.444 e. The molecule has 1 rings (SSSR count). The highest BCUT2D eigenvalue weighted by atomic mass is 35.5. The minimum atomic E-state index is -0.468. The SMILES string of the molecule is CCCN(CCNC(C)c1cccc(Cl)c1)C(=O)OC(C)(C)C. The molecule has 0 aromatic heterocycles. The highest BCUT2D eigenvalue weighted by Gasteiger charge is 2.21. The smallest absolute Gasteiger partial charge is 0.410 e. The summed E-state index contributed by atoms with van der Waals surface area (Å²) in [5, 5.41) is 4.16. The first-order valence-electron chi connectivity index (χ1n) is 8.19. The number of hydrogen-bond donors (Lipinski definition) is 1. The summed E-state index contributed by atoms with van der Waals surface area (Å²) in [6, 6.07) is 7.98. The fourth-order valence-electron chi connectivity index (χ4n) is 2.20. The summed E-state index contributed by atoms with van der Waals surface area (Å²) in [6.07, 6.45) is 0.653. The van der Waals surface area contributed by atoms with Gasteiger partial charge in [0, 0.05) is 30.7 Å². The summed E-state index contributed by atoms with van der Waals surface area (Å²) in [5.74, 6) is 0. The lowest BCUT2D eigenvalue weighted by Crippen LogP contribution is -2.41. The van der Waals surface area contributed by atoms with E-state index in [1.165, 1.54) is 0 Å². The van der Waals surface area contributed by atoms with Crippen LogP contribution < -0.4 is 5.32 Å². The molecule has 0 saturated heterocycles. The molecule has 0 radical (unpaired) electrons. The normalized spacial score (nSPS) is 12.8. The van der Waals surface area contributed by atoms with Gasteiger partial charge >= 0.3 is 6.09 Å². The number of nitrogens with zero attached hydrogens (tertiary/aromatic N) is 1. The number of ether oxygens (including phenoxy) is 1. The van der Waals surface area contributed by atoms with Crippen LogP contribution in [0.5, 0.6) is 0 Å². The van der Waals surface area contributed by atoms with Crippen LogP contribution in [0.2, 0.25) is 5.02 Å². The Labute approximate surface area is 145 Å². The van der Waals surface area contributed by atoms with Crippen molar-refractivity contribution < 1.29 is 9.53 Å². The Morgan fingerprint density at radius 2 is 2.04 bits per heavy atom. The van der Waals surface area contributed by atoms with Crippen LogP contribution >= 0.6 is 11.6 Å². The second-order valence-corrected chi connectivity index (χ2v) is 7.13. The van der Waals surface area contributed by atoms with E-state index >= 15 is 0 Å². The molecule has 1 atom stereocenters. The Hall–Kier alpha value is -1.26. The Balaban J connectivity index is 2.50. The van der Waals surface area contributed by atoms with Gasteiger partial charge in [-0.05, 0) is 51.8 Å². The minimum absolute atomic E-state index is 0.177. The van der Waals surface area contributed by atoms with Gasteiger partial charge in [0.15, 0.2) is 0 Å². The van der Waals surface area contributed by atoms with E-state index in [2.05, 4.69) is 19.2 Å². The molecule has 0 fully saturated rings. The zero-order chi connectivity index (χ0) is 17.5. The van der Waals surface area contributed by atoms with Gasteiger partial charge < -0.3 is 15.0 Å². The molecule has 130 valence electrons. The van der Waals surface area contributed by atoms with Crippen molar-refractivity contribution >= 4 is 17.7 Å². The van der Waals surface area contributed by atoms with Gasteiger partial charge in [0.1, 0.15) is 5.60 Å². The molecule has 1 aromatic carbocycles. The van der Waals surface area contributed by atoms with Gasteiger partial charge in [-0.15, -0.1) is 0 Å². The second kappa shape index (κ2) is 9.14. The maximum atomic E-state index is 12.2. The molecule has 1 amide bonds. The lowest BCUT2D eigenvalue weighted by Gasteiger charge is -2.27. The first kappa shape index (κ1) is 19.8. The summed E-state index contributed by atoms with van der Waals surface area (Å²) < 4.78 is 5.45. The van der Waals surface area contributed by atoms with Crippen LogP contribution in [0.1, 0.15) is 52.6 Å². The fourth-order valence-corrected chi connectivity index (χ4v) is 2.40. The first-order valence-corrected chi connectivity index (χ1v) is 8.57. The summed E-state index contributed by atoms with van der Waals surface area (Å²) in [7, 11) is 0. The summed E-state index contributed by atoms with van der Waals surface area (Å²) in [5.41, 5.74) is 0.668. The zero-order valence-electron chi connectivity index (χ0n) is 14.9. The average Bonchev–Trinajstić information content (AvgIpc) is 2.44. The Kier molecular flexibility index (Phi) is 7.86. The molecule has 1 aromatic rings. The van der Waals surface area contributed by atoms with Crippen LogP contribution in [-0.2, 0) is 4.74 Å². The van der Waals surface area contributed by atoms with Crippen molar-refractivity contribution in [1.82, 2.24) is 10.2 Å². The molecule has 0 spiro atoms. The van der Waals surface area contributed by atoms with Crippen LogP contribution in [0.25, 0.3) is 0 Å². The summed E-state index contributed by atoms with van der Waals surface area (Å²) >= 11 is 6.02. The molecule has 0 heterocycles. The van der Waals surface area contributed by atoms with Crippen molar-refractivity contribution in [2.75, 3.05) is 19.6 Å². The van der Waals surface area contributed by atoms with Crippen molar-refractivity contribution in [2.24, 2.45) is 0 Å². The van der Waals surface area contributed by atoms with Gasteiger partial charge in [-0.25, -0.2) is 4.79 Å². The topological polar surface area (TPSA) is 41.6 Å². The van der Waals surface area contributed by atoms with Gasteiger partial charge in [-0.3, -0.25) is 0 Å². The Morgan fingerprint density at radius 3 is 2.61 bits per heavy atom. The molecule has 5 heteroatoms. The number of amides is 1. The number of hydrogen-bond acceptors (Lipinski definition) is 3. The number of halogens is 1. The lowest BCUT2D eigenvalue weighted by atomic mass is 10.1. The van der Waals surface area contributed by atoms with E-state index in [0.717, 1.165) is 17.0 Å². The molecule has 4 nitrogen and oxygen atoms in total. The lowest BCUT2D eigenvalue weighted by molar-refractivity contribution is 0.0251. The quantitative estimate of drug-likeness (QED) is 0.786. The van der Waals surface area contributed by atoms with Crippen LogP contribution in [0, 0.1) is 0 Å². The molecular weight excluding hydrogens is 312 g/mol. The molecule has 0 aliphatic rings. The molecule has 0 bridgehead atoms.